The molecule has 0 aliphatic carbocycles. The zero-order chi connectivity index (χ0) is 14.5. The van der Waals surface area contributed by atoms with Crippen LogP contribution in [0.25, 0.3) is 9.88 Å². The molecule has 2 aromatic heterocycles. The van der Waals surface area contributed by atoms with Crippen molar-refractivity contribution >= 4 is 22.9 Å². The Balaban J connectivity index is 1.90. The fourth-order valence-electron chi connectivity index (χ4n) is 1.99. The highest BCUT2D eigenvalue weighted by molar-refractivity contribution is 7.19. The quantitative estimate of drug-likeness (QED) is 0.756. The van der Waals surface area contributed by atoms with E-state index in [2.05, 4.69) is 44.2 Å². The maximum atomic E-state index is 4.36. The van der Waals surface area contributed by atoms with Crippen LogP contribution in [0.2, 0.25) is 0 Å². The third-order valence-corrected chi connectivity index (χ3v) is 4.81. The van der Waals surface area contributed by atoms with Crippen molar-refractivity contribution in [3.63, 3.8) is 0 Å². The maximum Gasteiger partial charge on any atom is 0.161 e. The number of nitrogens with zero attached hydrogens (tertiary/aromatic N) is 4. The molecule has 0 fully saturated rings. The first kappa shape index (κ1) is 14.2. The van der Waals surface area contributed by atoms with Crippen LogP contribution in [0.5, 0.6) is 0 Å². The Morgan fingerprint density at radius 2 is 2.05 bits per heavy atom. The van der Waals surface area contributed by atoms with E-state index in [0.717, 1.165) is 27.9 Å². The minimum atomic E-state index is 0.0817. The zero-order valence-corrected chi connectivity index (χ0v) is 13.2. The second-order valence-electron chi connectivity index (χ2n) is 4.53. The number of nitrogens with one attached hydrogen (secondary N) is 1. The molecule has 7 heteroatoms. The standard InChI is InChI=1S/C14H15N5S2/c1-2-8-15-12(10-6-4-3-5-7-10)14-18-17-13(20-14)11-9-16-19-21-11/h3-7,9,12,15H,2,8H2,1H3. The molecule has 0 saturated carbocycles. The Kier molecular flexibility index (Phi) is 4.64. The molecule has 1 unspecified atom stereocenters. The average molecular weight is 317 g/mol. The van der Waals surface area contributed by atoms with Crippen LogP contribution in [0.1, 0.15) is 30.0 Å². The summed E-state index contributed by atoms with van der Waals surface area (Å²) in [6.45, 7) is 3.10. The Bertz CT molecular complexity index is 666. The minimum absolute atomic E-state index is 0.0817. The Morgan fingerprint density at radius 1 is 1.19 bits per heavy atom. The van der Waals surface area contributed by atoms with E-state index in [-0.39, 0.29) is 6.04 Å². The largest absolute Gasteiger partial charge is 0.304 e. The van der Waals surface area contributed by atoms with Crippen LogP contribution in [-0.4, -0.2) is 26.3 Å². The van der Waals surface area contributed by atoms with E-state index in [1.165, 1.54) is 17.1 Å². The van der Waals surface area contributed by atoms with Crippen LogP contribution in [0.4, 0.5) is 0 Å². The number of hydrogen-bond donors (Lipinski definition) is 1. The minimum Gasteiger partial charge on any atom is -0.304 e. The van der Waals surface area contributed by atoms with E-state index in [1.807, 2.05) is 18.2 Å². The predicted molar refractivity (Wildman–Crippen MR) is 85.4 cm³/mol. The monoisotopic (exact) mass is 317 g/mol. The molecule has 0 aliphatic rings. The van der Waals surface area contributed by atoms with Gasteiger partial charge < -0.3 is 5.32 Å². The van der Waals surface area contributed by atoms with Crippen molar-refractivity contribution in [1.82, 2.24) is 25.1 Å². The van der Waals surface area contributed by atoms with Crippen molar-refractivity contribution in [3.8, 4) is 9.88 Å². The highest BCUT2D eigenvalue weighted by Gasteiger charge is 2.19. The van der Waals surface area contributed by atoms with Gasteiger partial charge in [-0.1, -0.05) is 53.1 Å². The van der Waals surface area contributed by atoms with Gasteiger partial charge in [0, 0.05) is 0 Å². The molecule has 0 spiro atoms. The third-order valence-electron chi connectivity index (χ3n) is 2.99. The van der Waals surface area contributed by atoms with Crippen LogP contribution < -0.4 is 5.32 Å². The summed E-state index contributed by atoms with van der Waals surface area (Å²) in [5, 5.41) is 17.9. The third kappa shape index (κ3) is 3.31. The van der Waals surface area contributed by atoms with Gasteiger partial charge in [-0.15, -0.1) is 15.3 Å². The first-order valence-electron chi connectivity index (χ1n) is 6.78. The summed E-state index contributed by atoms with van der Waals surface area (Å²) in [6, 6.07) is 10.4. The number of hydrogen-bond acceptors (Lipinski definition) is 7. The van der Waals surface area contributed by atoms with Gasteiger partial charge in [-0.2, -0.15) is 0 Å². The van der Waals surface area contributed by atoms with Gasteiger partial charge in [-0.3, -0.25) is 0 Å². The molecule has 0 radical (unpaired) electrons. The number of rotatable bonds is 6. The van der Waals surface area contributed by atoms with Gasteiger partial charge in [0.05, 0.1) is 12.2 Å². The van der Waals surface area contributed by atoms with E-state index in [9.17, 15) is 0 Å². The summed E-state index contributed by atoms with van der Waals surface area (Å²) in [5.74, 6) is 0. The second kappa shape index (κ2) is 6.84. The summed E-state index contributed by atoms with van der Waals surface area (Å²) in [4.78, 5) is 0.959. The van der Waals surface area contributed by atoms with Crippen LogP contribution in [-0.2, 0) is 0 Å². The van der Waals surface area contributed by atoms with Gasteiger partial charge in [-0.25, -0.2) is 0 Å². The molecule has 3 rings (SSSR count). The van der Waals surface area contributed by atoms with E-state index in [1.54, 1.807) is 17.5 Å². The van der Waals surface area contributed by atoms with Gasteiger partial charge in [0.25, 0.3) is 0 Å². The zero-order valence-electron chi connectivity index (χ0n) is 11.6. The van der Waals surface area contributed by atoms with Crippen molar-refractivity contribution in [3.05, 3.63) is 47.1 Å². The lowest BCUT2D eigenvalue weighted by Crippen LogP contribution is -2.23. The predicted octanol–water partition coefficient (Wildman–Crippen LogP) is 3.15. The molecule has 5 nitrogen and oxygen atoms in total. The van der Waals surface area contributed by atoms with E-state index < -0.39 is 0 Å². The summed E-state index contributed by atoms with van der Waals surface area (Å²) >= 11 is 2.93. The van der Waals surface area contributed by atoms with Gasteiger partial charge in [0.15, 0.2) is 5.01 Å². The normalized spacial score (nSPS) is 12.4. The Morgan fingerprint density at radius 3 is 2.76 bits per heavy atom. The lowest BCUT2D eigenvalue weighted by molar-refractivity contribution is 0.592. The molecule has 0 bridgehead atoms. The summed E-state index contributed by atoms with van der Waals surface area (Å²) in [5.41, 5.74) is 1.20. The van der Waals surface area contributed by atoms with Crippen molar-refractivity contribution in [2.75, 3.05) is 6.54 Å². The lowest BCUT2D eigenvalue weighted by atomic mass is 10.1. The smallest absolute Gasteiger partial charge is 0.161 e. The van der Waals surface area contributed by atoms with Crippen LogP contribution >= 0.6 is 22.9 Å². The molecule has 2 heterocycles. The van der Waals surface area contributed by atoms with Crippen molar-refractivity contribution in [2.45, 2.75) is 19.4 Å². The van der Waals surface area contributed by atoms with Crippen LogP contribution in [0.3, 0.4) is 0 Å². The van der Waals surface area contributed by atoms with E-state index in [4.69, 9.17) is 0 Å². The Hall–Kier alpha value is -1.70. The SMILES string of the molecule is CCCNC(c1ccccc1)c1nnc(-c2cnns2)s1. The van der Waals surface area contributed by atoms with Crippen molar-refractivity contribution in [1.29, 1.82) is 0 Å². The molecule has 1 N–H and O–H groups in total. The first-order chi connectivity index (χ1) is 10.4. The molecule has 3 aromatic rings. The summed E-state index contributed by atoms with van der Waals surface area (Å²) in [6.07, 6.45) is 2.81. The topological polar surface area (TPSA) is 63.6 Å². The molecule has 1 aromatic carbocycles. The highest BCUT2D eigenvalue weighted by Crippen LogP contribution is 2.30. The lowest BCUT2D eigenvalue weighted by Gasteiger charge is -2.15. The van der Waals surface area contributed by atoms with Gasteiger partial charge in [0.2, 0.25) is 0 Å². The molecule has 0 aliphatic heterocycles. The van der Waals surface area contributed by atoms with Crippen molar-refractivity contribution in [2.24, 2.45) is 0 Å². The fraction of sp³-hybridized carbons (Fsp3) is 0.286. The van der Waals surface area contributed by atoms with Crippen LogP contribution in [0.15, 0.2) is 36.5 Å². The first-order valence-corrected chi connectivity index (χ1v) is 8.37. The molecule has 0 amide bonds. The number of aromatic nitrogens is 4. The Labute approximate surface area is 131 Å². The molecule has 108 valence electrons. The van der Waals surface area contributed by atoms with Crippen molar-refractivity contribution < 1.29 is 0 Å². The highest BCUT2D eigenvalue weighted by atomic mass is 32.1. The molecule has 0 saturated heterocycles. The van der Waals surface area contributed by atoms with Gasteiger partial charge in [0.1, 0.15) is 9.88 Å². The average Bonchev–Trinajstić information content (AvgIpc) is 3.20. The van der Waals surface area contributed by atoms with E-state index in [0.29, 0.717) is 0 Å². The maximum absolute atomic E-state index is 4.36. The summed E-state index contributed by atoms with van der Waals surface area (Å²) < 4.78 is 3.88. The molecule has 1 atom stereocenters. The second-order valence-corrected chi connectivity index (χ2v) is 6.32. The molecular weight excluding hydrogens is 302 g/mol. The molecular formula is C14H15N5S2. The van der Waals surface area contributed by atoms with Crippen LogP contribution in [0, 0.1) is 0 Å². The fourth-order valence-corrected chi connectivity index (χ4v) is 3.48. The summed E-state index contributed by atoms with van der Waals surface area (Å²) in [7, 11) is 0. The molecule has 21 heavy (non-hydrogen) atoms. The van der Waals surface area contributed by atoms with E-state index >= 15 is 0 Å². The number of benzene rings is 1. The van der Waals surface area contributed by atoms with Gasteiger partial charge >= 0.3 is 0 Å². The van der Waals surface area contributed by atoms with Gasteiger partial charge in [-0.05, 0) is 30.1 Å².